The third-order valence-corrected chi connectivity index (χ3v) is 3.01. The molecule has 0 saturated carbocycles. The van der Waals surface area contributed by atoms with Crippen LogP contribution in [0, 0.1) is 0 Å². The zero-order valence-electron chi connectivity index (χ0n) is 10.9. The Bertz CT molecular complexity index is 540. The van der Waals surface area contributed by atoms with Gasteiger partial charge in [0.2, 0.25) is 0 Å². The van der Waals surface area contributed by atoms with Crippen molar-refractivity contribution >= 4 is 5.97 Å². The number of nitrogens with zero attached hydrogens (tertiary/aromatic N) is 3. The van der Waals surface area contributed by atoms with E-state index in [1.807, 2.05) is 6.07 Å². The summed E-state index contributed by atoms with van der Waals surface area (Å²) >= 11 is 0. The molecule has 7 nitrogen and oxygen atoms in total. The molecular weight excluding hydrogens is 262 g/mol. The predicted octanol–water partition coefficient (Wildman–Crippen LogP) is 3.06. The summed E-state index contributed by atoms with van der Waals surface area (Å²) in [4.78, 5) is 13.4. The predicted molar refractivity (Wildman–Crippen MR) is 70.8 cm³/mol. The summed E-state index contributed by atoms with van der Waals surface area (Å²) in [6, 6.07) is 4.98. The van der Waals surface area contributed by atoms with Crippen LogP contribution in [0.15, 0.2) is 23.3 Å². The van der Waals surface area contributed by atoms with Gasteiger partial charge in [-0.3, -0.25) is 4.79 Å². The fourth-order valence-corrected chi connectivity index (χ4v) is 2.07. The van der Waals surface area contributed by atoms with Crippen molar-refractivity contribution in [1.82, 2.24) is 0 Å². The Labute approximate surface area is 115 Å². The zero-order valence-corrected chi connectivity index (χ0v) is 10.9. The van der Waals surface area contributed by atoms with Crippen LogP contribution in [0.2, 0.25) is 0 Å². The molecule has 0 saturated heterocycles. The van der Waals surface area contributed by atoms with Crippen LogP contribution >= 0.6 is 0 Å². The normalized spacial score (nSPS) is 14.2. The van der Waals surface area contributed by atoms with Gasteiger partial charge in [0.05, 0.1) is 6.04 Å². The van der Waals surface area contributed by atoms with E-state index in [1.165, 1.54) is 0 Å². The zero-order chi connectivity index (χ0) is 14.4. The van der Waals surface area contributed by atoms with E-state index in [0.29, 0.717) is 37.6 Å². The third kappa shape index (κ3) is 3.55. The fraction of sp³-hybridized carbons (Fsp3) is 0.462. The van der Waals surface area contributed by atoms with E-state index in [2.05, 4.69) is 10.0 Å². The van der Waals surface area contributed by atoms with Gasteiger partial charge in [-0.15, -0.1) is 0 Å². The van der Waals surface area contributed by atoms with Gasteiger partial charge in [-0.2, -0.15) is 0 Å². The second-order valence-corrected chi connectivity index (χ2v) is 4.41. The lowest BCUT2D eigenvalue weighted by Crippen LogP contribution is -2.15. The molecule has 1 heterocycles. The Hall–Kier alpha value is -2.40. The van der Waals surface area contributed by atoms with Crippen LogP contribution in [0.25, 0.3) is 10.4 Å². The van der Waals surface area contributed by atoms with Crippen molar-refractivity contribution in [3.05, 3.63) is 34.2 Å². The van der Waals surface area contributed by atoms with Gasteiger partial charge >= 0.3 is 5.97 Å². The highest BCUT2D eigenvalue weighted by molar-refractivity contribution is 5.66. The number of carboxylic acids is 1. The maximum atomic E-state index is 10.5. The summed E-state index contributed by atoms with van der Waals surface area (Å²) < 4.78 is 10.9. The third-order valence-electron chi connectivity index (χ3n) is 3.01. The van der Waals surface area contributed by atoms with E-state index in [-0.39, 0.29) is 6.42 Å². The topological polar surface area (TPSA) is 105 Å². The molecule has 0 aliphatic carbocycles. The number of aliphatic carboxylic acids is 1. The molecule has 1 aliphatic heterocycles. The number of rotatable bonds is 6. The Kier molecular flexibility index (Phi) is 4.68. The maximum Gasteiger partial charge on any atom is 0.303 e. The van der Waals surface area contributed by atoms with E-state index in [0.717, 1.165) is 5.56 Å². The Morgan fingerprint density at radius 3 is 2.85 bits per heavy atom. The lowest BCUT2D eigenvalue weighted by atomic mass is 10.0. The molecule has 106 valence electrons. The lowest BCUT2D eigenvalue weighted by Gasteiger charge is -2.20. The van der Waals surface area contributed by atoms with E-state index in [1.54, 1.807) is 12.1 Å². The minimum absolute atomic E-state index is 0.0575. The standard InChI is InChI=1S/C13H15N3O4/c14-16-15-10(2-1-3-13(17)18)9-4-5-11-12(8-9)20-7-6-19-11/h4-5,8,10H,1-3,6-7H2,(H,17,18). The fourth-order valence-electron chi connectivity index (χ4n) is 2.07. The highest BCUT2D eigenvalue weighted by Gasteiger charge is 2.16. The summed E-state index contributed by atoms with van der Waals surface area (Å²) in [6.07, 6.45) is 0.992. The van der Waals surface area contributed by atoms with Crippen LogP contribution in [0.3, 0.4) is 0 Å². The SMILES string of the molecule is [N-]=[N+]=NC(CCCC(=O)O)c1ccc2c(c1)OCCO2. The number of hydrogen-bond donors (Lipinski definition) is 1. The highest BCUT2D eigenvalue weighted by atomic mass is 16.6. The van der Waals surface area contributed by atoms with Crippen LogP contribution in [0.1, 0.15) is 30.9 Å². The van der Waals surface area contributed by atoms with Gasteiger partial charge in [-0.25, -0.2) is 0 Å². The number of carboxylic acid groups (broad SMARTS) is 1. The van der Waals surface area contributed by atoms with Gasteiger partial charge in [-0.05, 0) is 36.1 Å². The van der Waals surface area contributed by atoms with Crippen LogP contribution in [-0.4, -0.2) is 24.3 Å². The quantitative estimate of drug-likeness (QED) is 0.490. The molecule has 0 fully saturated rings. The van der Waals surface area contributed by atoms with Gasteiger partial charge in [0.15, 0.2) is 11.5 Å². The van der Waals surface area contributed by atoms with Crippen LogP contribution in [-0.2, 0) is 4.79 Å². The van der Waals surface area contributed by atoms with Gasteiger partial charge < -0.3 is 14.6 Å². The highest BCUT2D eigenvalue weighted by Crippen LogP contribution is 2.35. The molecule has 1 aromatic rings. The molecule has 7 heteroatoms. The van der Waals surface area contributed by atoms with Crippen molar-refractivity contribution in [1.29, 1.82) is 0 Å². The average molecular weight is 277 g/mol. The molecule has 0 spiro atoms. The first-order valence-corrected chi connectivity index (χ1v) is 6.36. The van der Waals surface area contributed by atoms with E-state index >= 15 is 0 Å². The first-order valence-electron chi connectivity index (χ1n) is 6.36. The molecule has 2 rings (SSSR count). The lowest BCUT2D eigenvalue weighted by molar-refractivity contribution is -0.137. The van der Waals surface area contributed by atoms with Crippen molar-refractivity contribution in [2.45, 2.75) is 25.3 Å². The van der Waals surface area contributed by atoms with Crippen molar-refractivity contribution in [3.63, 3.8) is 0 Å². The number of ether oxygens (including phenoxy) is 2. The number of benzene rings is 1. The minimum Gasteiger partial charge on any atom is -0.486 e. The van der Waals surface area contributed by atoms with Crippen LogP contribution in [0.5, 0.6) is 11.5 Å². The van der Waals surface area contributed by atoms with Crippen molar-refractivity contribution in [3.8, 4) is 11.5 Å². The summed E-state index contributed by atoms with van der Waals surface area (Å²) in [6.45, 7) is 1.01. The molecular formula is C13H15N3O4. The summed E-state index contributed by atoms with van der Waals surface area (Å²) in [5.74, 6) is 0.446. The largest absolute Gasteiger partial charge is 0.486 e. The Morgan fingerprint density at radius 2 is 2.15 bits per heavy atom. The number of azide groups is 1. The Balaban J connectivity index is 2.12. The first kappa shape index (κ1) is 14.0. The summed E-state index contributed by atoms with van der Waals surface area (Å²) in [5.41, 5.74) is 9.43. The molecule has 0 amide bonds. The number of carbonyl (C=O) groups is 1. The van der Waals surface area contributed by atoms with E-state index < -0.39 is 12.0 Å². The molecule has 1 aliphatic rings. The molecule has 1 aromatic carbocycles. The summed E-state index contributed by atoms with van der Waals surface area (Å²) in [5, 5.41) is 12.4. The molecule has 0 bridgehead atoms. The molecule has 20 heavy (non-hydrogen) atoms. The molecule has 1 unspecified atom stereocenters. The van der Waals surface area contributed by atoms with Gasteiger partial charge in [0.1, 0.15) is 13.2 Å². The average Bonchev–Trinajstić information content (AvgIpc) is 2.45. The van der Waals surface area contributed by atoms with Crippen molar-refractivity contribution < 1.29 is 19.4 Å². The Morgan fingerprint density at radius 1 is 1.40 bits per heavy atom. The van der Waals surface area contributed by atoms with Gasteiger partial charge in [0.25, 0.3) is 0 Å². The van der Waals surface area contributed by atoms with Crippen LogP contribution in [0.4, 0.5) is 0 Å². The summed E-state index contributed by atoms with van der Waals surface area (Å²) in [7, 11) is 0. The van der Waals surface area contributed by atoms with Gasteiger partial charge in [-0.1, -0.05) is 11.2 Å². The van der Waals surface area contributed by atoms with E-state index in [9.17, 15) is 4.79 Å². The molecule has 1 N–H and O–H groups in total. The van der Waals surface area contributed by atoms with E-state index in [4.69, 9.17) is 20.1 Å². The minimum atomic E-state index is -0.855. The monoisotopic (exact) mass is 277 g/mol. The second-order valence-electron chi connectivity index (χ2n) is 4.41. The number of hydrogen-bond acceptors (Lipinski definition) is 4. The maximum absolute atomic E-state index is 10.5. The van der Waals surface area contributed by atoms with Crippen molar-refractivity contribution in [2.75, 3.05) is 13.2 Å². The van der Waals surface area contributed by atoms with Crippen LogP contribution < -0.4 is 9.47 Å². The second kappa shape index (κ2) is 6.68. The van der Waals surface area contributed by atoms with Gasteiger partial charge in [0, 0.05) is 11.3 Å². The molecule has 1 atom stereocenters. The number of fused-ring (bicyclic) bond motifs is 1. The molecule has 0 radical (unpaired) electrons. The first-order chi connectivity index (χ1) is 9.70. The molecule has 0 aromatic heterocycles. The van der Waals surface area contributed by atoms with Crippen molar-refractivity contribution in [2.24, 2.45) is 5.11 Å². The smallest absolute Gasteiger partial charge is 0.303 e.